The average molecular weight is 435 g/mol. The maximum Gasteiger partial charge on any atom is 0.160 e. The molecule has 2 aromatic rings. The number of carbonyl (C=O) groups is 1. The lowest BCUT2D eigenvalue weighted by Crippen LogP contribution is -2.22. The van der Waals surface area contributed by atoms with E-state index in [1.165, 1.54) is 6.92 Å². The number of hydrogen-bond donors (Lipinski definition) is 0. The van der Waals surface area contributed by atoms with E-state index in [9.17, 15) is 13.2 Å². The minimum absolute atomic E-state index is 0.00903. The van der Waals surface area contributed by atoms with E-state index in [2.05, 4.69) is 0 Å². The highest BCUT2D eigenvalue weighted by Gasteiger charge is 2.22. The second kappa shape index (κ2) is 10.7. The summed E-state index contributed by atoms with van der Waals surface area (Å²) in [5.41, 5.74) is 2.38. The summed E-state index contributed by atoms with van der Waals surface area (Å²) < 4.78 is 31.5. The van der Waals surface area contributed by atoms with Gasteiger partial charge in [0.2, 0.25) is 0 Å². The van der Waals surface area contributed by atoms with E-state index in [1.807, 2.05) is 37.3 Å². The van der Waals surface area contributed by atoms with Crippen molar-refractivity contribution >= 4 is 27.2 Å². The van der Waals surface area contributed by atoms with Gasteiger partial charge in [0.1, 0.15) is 5.78 Å². The molecule has 156 valence electrons. The molecule has 6 heteroatoms. The molecule has 0 bridgehead atoms. The first-order valence-electron chi connectivity index (χ1n) is 9.46. The second-order valence-corrected chi connectivity index (χ2v) is 10.0. The third-order valence-corrected chi connectivity index (χ3v) is 6.84. The number of sulfone groups is 1. The second-order valence-electron chi connectivity index (χ2n) is 7.24. The topological polar surface area (TPSA) is 60.4 Å². The molecule has 0 saturated heterocycles. The summed E-state index contributed by atoms with van der Waals surface area (Å²) in [7, 11) is -3.43. The van der Waals surface area contributed by atoms with Crippen LogP contribution in [0, 0.1) is 0 Å². The van der Waals surface area contributed by atoms with Crippen LogP contribution in [0.3, 0.4) is 0 Å². The Morgan fingerprint density at radius 1 is 1.07 bits per heavy atom. The normalized spacial score (nSPS) is 14.4. The average Bonchev–Trinajstić information content (AvgIpc) is 2.65. The van der Waals surface area contributed by atoms with Gasteiger partial charge < -0.3 is 4.74 Å². The van der Waals surface area contributed by atoms with Crippen LogP contribution in [-0.2, 0) is 31.7 Å². The third kappa shape index (κ3) is 7.77. The van der Waals surface area contributed by atoms with E-state index in [1.54, 1.807) is 37.3 Å². The zero-order valence-electron chi connectivity index (χ0n) is 17.0. The van der Waals surface area contributed by atoms with Crippen molar-refractivity contribution in [2.75, 3.05) is 0 Å². The monoisotopic (exact) mass is 434 g/mol. The van der Waals surface area contributed by atoms with Crippen molar-refractivity contribution in [2.45, 2.75) is 50.9 Å². The van der Waals surface area contributed by atoms with Gasteiger partial charge in [-0.25, -0.2) is 8.42 Å². The predicted octanol–water partition coefficient (Wildman–Crippen LogP) is 5.15. The highest BCUT2D eigenvalue weighted by Crippen LogP contribution is 2.20. The lowest BCUT2D eigenvalue weighted by Gasteiger charge is -2.19. The quantitative estimate of drug-likeness (QED) is 0.485. The zero-order valence-corrected chi connectivity index (χ0v) is 18.5. The smallest absolute Gasteiger partial charge is 0.160 e. The molecule has 0 radical (unpaired) electrons. The van der Waals surface area contributed by atoms with Crippen LogP contribution in [0.15, 0.2) is 66.2 Å². The van der Waals surface area contributed by atoms with Crippen LogP contribution in [0.2, 0.25) is 5.02 Å². The van der Waals surface area contributed by atoms with Crippen LogP contribution in [0.1, 0.15) is 38.3 Å². The van der Waals surface area contributed by atoms with Gasteiger partial charge >= 0.3 is 0 Å². The van der Waals surface area contributed by atoms with Gasteiger partial charge in [0.25, 0.3) is 0 Å². The molecular formula is C23H27ClO4S. The molecule has 0 aliphatic rings. The highest BCUT2D eigenvalue weighted by molar-refractivity contribution is 7.91. The number of ether oxygens (including phenoxy) is 1. The first-order valence-corrected chi connectivity index (χ1v) is 11.6. The van der Waals surface area contributed by atoms with E-state index < -0.39 is 21.2 Å². The Hall–Kier alpha value is -1.95. The Morgan fingerprint density at radius 3 is 2.34 bits per heavy atom. The van der Waals surface area contributed by atoms with Crippen LogP contribution >= 0.6 is 11.6 Å². The van der Waals surface area contributed by atoms with Gasteiger partial charge in [-0.3, -0.25) is 4.79 Å². The molecule has 2 rings (SSSR count). The molecule has 4 nitrogen and oxygen atoms in total. The molecule has 2 aromatic carbocycles. The molecule has 0 amide bonds. The molecule has 2 atom stereocenters. The maximum absolute atomic E-state index is 12.8. The highest BCUT2D eigenvalue weighted by atomic mass is 35.5. The molecule has 0 aromatic heterocycles. The van der Waals surface area contributed by atoms with Crippen molar-refractivity contribution in [1.82, 2.24) is 0 Å². The minimum atomic E-state index is -3.43. The fourth-order valence-electron chi connectivity index (χ4n) is 2.96. The van der Waals surface area contributed by atoms with Crippen LogP contribution in [0.5, 0.6) is 0 Å². The fraction of sp³-hybridized carbons (Fsp3) is 0.348. The Morgan fingerprint density at radius 2 is 1.72 bits per heavy atom. The maximum atomic E-state index is 12.8. The SMILES string of the molecule is CC(=O)C[C@H](OCc1ccccc1)/C(C)=C\[C@@H](C)S(=O)(=O)Cc1cccc(Cl)c1. The lowest BCUT2D eigenvalue weighted by molar-refractivity contribution is -0.119. The number of Topliss-reactive ketones (excluding diaryl/α,β-unsaturated/α-hetero) is 1. The molecule has 0 aliphatic carbocycles. The summed E-state index contributed by atoms with van der Waals surface area (Å²) in [4.78, 5) is 11.7. The number of hydrogen-bond acceptors (Lipinski definition) is 4. The summed E-state index contributed by atoms with van der Waals surface area (Å²) in [6, 6.07) is 16.5. The molecule has 0 fully saturated rings. The molecule has 0 spiro atoms. The number of rotatable bonds is 10. The standard InChI is InChI=1S/C23H27ClO4S/c1-17(23(13-18(2)25)28-15-20-8-5-4-6-9-20)12-19(3)29(26,27)16-21-10-7-11-22(24)14-21/h4-12,14,19,23H,13,15-16H2,1-3H3/b17-12-/t19-,23+/m1/s1. The van der Waals surface area contributed by atoms with E-state index in [0.29, 0.717) is 17.2 Å². The lowest BCUT2D eigenvalue weighted by atomic mass is 10.0. The first kappa shape index (κ1) is 23.3. The van der Waals surface area contributed by atoms with Gasteiger partial charge in [0.15, 0.2) is 9.84 Å². The fourth-order valence-corrected chi connectivity index (χ4v) is 4.50. The number of ketones is 1. The molecule has 29 heavy (non-hydrogen) atoms. The first-order chi connectivity index (χ1) is 13.7. The van der Waals surface area contributed by atoms with Crippen molar-refractivity contribution in [1.29, 1.82) is 0 Å². The van der Waals surface area contributed by atoms with Crippen LogP contribution < -0.4 is 0 Å². The van der Waals surface area contributed by atoms with Crippen molar-refractivity contribution in [3.8, 4) is 0 Å². The van der Waals surface area contributed by atoms with Gasteiger partial charge in [-0.15, -0.1) is 0 Å². The van der Waals surface area contributed by atoms with E-state index in [-0.39, 0.29) is 18.0 Å². The Bertz CT molecular complexity index is 952. The molecule has 0 heterocycles. The third-order valence-electron chi connectivity index (χ3n) is 4.60. The van der Waals surface area contributed by atoms with Gasteiger partial charge in [-0.1, -0.05) is 60.1 Å². The van der Waals surface area contributed by atoms with E-state index in [0.717, 1.165) is 11.1 Å². The van der Waals surface area contributed by atoms with Crippen LogP contribution in [0.4, 0.5) is 0 Å². The molecule has 0 unspecified atom stereocenters. The Balaban J connectivity index is 2.12. The van der Waals surface area contributed by atoms with Crippen LogP contribution in [-0.4, -0.2) is 25.6 Å². The van der Waals surface area contributed by atoms with Crippen molar-refractivity contribution in [2.24, 2.45) is 0 Å². The predicted molar refractivity (Wildman–Crippen MR) is 118 cm³/mol. The van der Waals surface area contributed by atoms with E-state index in [4.69, 9.17) is 16.3 Å². The van der Waals surface area contributed by atoms with Crippen molar-refractivity contribution < 1.29 is 17.9 Å². The number of carbonyl (C=O) groups excluding carboxylic acids is 1. The Kier molecular flexibility index (Phi) is 8.62. The molecular weight excluding hydrogens is 408 g/mol. The van der Waals surface area contributed by atoms with Gasteiger partial charge in [0.05, 0.1) is 23.7 Å². The number of benzene rings is 2. The van der Waals surface area contributed by atoms with E-state index >= 15 is 0 Å². The Labute approximate surface area is 178 Å². The number of halogens is 1. The zero-order chi connectivity index (χ0) is 21.4. The summed E-state index contributed by atoms with van der Waals surface area (Å²) >= 11 is 5.96. The van der Waals surface area contributed by atoms with Gasteiger partial charge in [-0.05, 0) is 49.6 Å². The van der Waals surface area contributed by atoms with Gasteiger partial charge in [0, 0.05) is 11.4 Å². The largest absolute Gasteiger partial charge is 0.369 e. The summed E-state index contributed by atoms with van der Waals surface area (Å²) in [5.74, 6) is -0.106. The summed E-state index contributed by atoms with van der Waals surface area (Å²) in [6.07, 6.45) is 1.42. The summed E-state index contributed by atoms with van der Waals surface area (Å²) in [5, 5.41) is -0.204. The van der Waals surface area contributed by atoms with Crippen molar-refractivity contribution in [3.63, 3.8) is 0 Å². The minimum Gasteiger partial charge on any atom is -0.369 e. The van der Waals surface area contributed by atoms with Gasteiger partial charge in [-0.2, -0.15) is 0 Å². The molecule has 0 aliphatic heterocycles. The van der Waals surface area contributed by atoms with Crippen LogP contribution in [0.25, 0.3) is 0 Å². The molecule has 0 N–H and O–H groups in total. The van der Waals surface area contributed by atoms with Crippen molar-refractivity contribution in [3.05, 3.63) is 82.4 Å². The molecule has 0 saturated carbocycles. The summed E-state index contributed by atoms with van der Waals surface area (Å²) in [6.45, 7) is 5.31.